The Morgan fingerprint density at radius 3 is 2.31 bits per heavy atom. The van der Waals surface area contributed by atoms with Crippen molar-refractivity contribution in [2.24, 2.45) is 10.7 Å². The van der Waals surface area contributed by atoms with E-state index in [9.17, 15) is 27.6 Å². The average molecular weight is 467 g/mol. The van der Waals surface area contributed by atoms with E-state index in [4.69, 9.17) is 22.1 Å². The third-order valence-electron chi connectivity index (χ3n) is 4.09. The third kappa shape index (κ3) is 5.43. The maximum Gasteiger partial charge on any atom is 0.417 e. The second-order valence-corrected chi connectivity index (χ2v) is 6.79. The Labute approximate surface area is 183 Å². The Bertz CT molecular complexity index is 1130. The van der Waals surface area contributed by atoms with Crippen molar-refractivity contribution in [2.45, 2.75) is 12.3 Å². The molecule has 0 radical (unpaired) electrons. The summed E-state index contributed by atoms with van der Waals surface area (Å²) < 4.78 is 44.3. The summed E-state index contributed by atoms with van der Waals surface area (Å²) in [6, 6.07) is 7.95. The number of halogens is 4. The summed E-state index contributed by atoms with van der Waals surface area (Å²) in [5.41, 5.74) is 3.77. The zero-order chi connectivity index (χ0) is 23.5. The summed E-state index contributed by atoms with van der Waals surface area (Å²) in [5.74, 6) is -1.42. The van der Waals surface area contributed by atoms with Crippen LogP contribution in [0.25, 0.3) is 0 Å². The van der Waals surface area contributed by atoms with Crippen LogP contribution in [0.3, 0.4) is 0 Å². The lowest BCUT2D eigenvalue weighted by Crippen LogP contribution is -2.40. The van der Waals surface area contributed by atoms with Gasteiger partial charge in [-0.05, 0) is 48.5 Å². The van der Waals surface area contributed by atoms with E-state index in [1.54, 1.807) is 0 Å². The fraction of sp³-hybridized carbons (Fsp3) is 0.100. The molecule has 1 aliphatic rings. The molecule has 12 heteroatoms. The standard InChI is InChI=1S/C20H14ClF3N4O4/c21-14-6-3-11(9-13(14)20(22,23)24)28-19(31)27-10-1-4-12(5-2-10)32-15-7-8-26-16(17(15)29)18(25)30/h1-9,15H,(H2,25,30)(H2,27,28,31). The second kappa shape index (κ2) is 9.10. The molecule has 3 rings (SSSR count). The molecule has 2 aromatic rings. The van der Waals surface area contributed by atoms with Crippen molar-refractivity contribution < 1.29 is 32.3 Å². The van der Waals surface area contributed by atoms with Crippen LogP contribution in [0.4, 0.5) is 29.3 Å². The number of carbonyl (C=O) groups is 3. The number of ether oxygens (including phenoxy) is 1. The monoisotopic (exact) mass is 466 g/mol. The van der Waals surface area contributed by atoms with Gasteiger partial charge >= 0.3 is 12.2 Å². The number of hydrogen-bond acceptors (Lipinski definition) is 5. The Balaban J connectivity index is 1.61. The van der Waals surface area contributed by atoms with Crippen LogP contribution >= 0.6 is 11.6 Å². The predicted molar refractivity (Wildman–Crippen MR) is 111 cm³/mol. The zero-order valence-corrected chi connectivity index (χ0v) is 16.7. The number of urea groups is 1. The van der Waals surface area contributed by atoms with Crippen LogP contribution in [-0.2, 0) is 15.8 Å². The van der Waals surface area contributed by atoms with Crippen LogP contribution in [0.15, 0.2) is 59.7 Å². The molecular formula is C20H14ClF3N4O4. The van der Waals surface area contributed by atoms with Gasteiger partial charge < -0.3 is 21.1 Å². The maximum atomic E-state index is 12.9. The van der Waals surface area contributed by atoms with Crippen molar-refractivity contribution in [2.75, 3.05) is 10.6 Å². The van der Waals surface area contributed by atoms with Crippen molar-refractivity contribution in [3.63, 3.8) is 0 Å². The number of nitrogens with two attached hydrogens (primary N) is 1. The Morgan fingerprint density at radius 2 is 1.69 bits per heavy atom. The summed E-state index contributed by atoms with van der Waals surface area (Å²) in [6.45, 7) is 0. The van der Waals surface area contributed by atoms with Gasteiger partial charge in [0.05, 0.1) is 10.6 Å². The zero-order valence-electron chi connectivity index (χ0n) is 15.9. The molecule has 0 spiro atoms. The molecule has 8 nitrogen and oxygen atoms in total. The Kier molecular flexibility index (Phi) is 6.49. The minimum Gasteiger partial charge on any atom is -0.478 e. The van der Waals surface area contributed by atoms with E-state index in [1.807, 2.05) is 0 Å². The first-order chi connectivity index (χ1) is 15.0. The number of alkyl halides is 3. The quantitative estimate of drug-likeness (QED) is 0.620. The fourth-order valence-corrected chi connectivity index (χ4v) is 2.86. The van der Waals surface area contributed by atoms with E-state index >= 15 is 0 Å². The first-order valence-corrected chi connectivity index (χ1v) is 9.22. The molecule has 4 N–H and O–H groups in total. The van der Waals surface area contributed by atoms with Gasteiger partial charge in [-0.1, -0.05) is 11.6 Å². The average Bonchev–Trinajstić information content (AvgIpc) is 2.71. The summed E-state index contributed by atoms with van der Waals surface area (Å²) >= 11 is 5.55. The number of anilines is 2. The van der Waals surface area contributed by atoms with E-state index in [-0.39, 0.29) is 11.4 Å². The number of benzene rings is 2. The summed E-state index contributed by atoms with van der Waals surface area (Å²) in [6.07, 6.45) is -3.19. The number of carbonyl (C=O) groups excluding carboxylic acids is 3. The Hall–Kier alpha value is -3.86. The van der Waals surface area contributed by atoms with Crippen LogP contribution in [0, 0.1) is 0 Å². The molecule has 1 atom stereocenters. The van der Waals surface area contributed by atoms with Crippen LogP contribution < -0.4 is 21.1 Å². The highest BCUT2D eigenvalue weighted by Crippen LogP contribution is 2.36. The molecule has 3 amide bonds. The smallest absolute Gasteiger partial charge is 0.417 e. The number of amides is 3. The first-order valence-electron chi connectivity index (χ1n) is 8.84. The molecule has 32 heavy (non-hydrogen) atoms. The highest BCUT2D eigenvalue weighted by molar-refractivity contribution is 6.66. The van der Waals surface area contributed by atoms with Gasteiger partial charge in [0.15, 0.2) is 11.8 Å². The molecule has 0 saturated carbocycles. The number of nitrogens with one attached hydrogen (secondary N) is 2. The van der Waals surface area contributed by atoms with Crippen molar-refractivity contribution in [1.82, 2.24) is 0 Å². The van der Waals surface area contributed by atoms with Gasteiger partial charge in [0.25, 0.3) is 5.91 Å². The molecule has 2 aromatic carbocycles. The van der Waals surface area contributed by atoms with E-state index in [1.165, 1.54) is 42.6 Å². The summed E-state index contributed by atoms with van der Waals surface area (Å²) in [7, 11) is 0. The molecule has 1 unspecified atom stereocenters. The number of ketones is 1. The number of Topliss-reactive ketones (excluding diaryl/α,β-unsaturated/α-hetero) is 1. The van der Waals surface area contributed by atoms with Crippen LogP contribution in [0.5, 0.6) is 5.75 Å². The van der Waals surface area contributed by atoms with Crippen LogP contribution in [0.2, 0.25) is 5.02 Å². The molecule has 0 bridgehead atoms. The number of primary amides is 1. The summed E-state index contributed by atoms with van der Waals surface area (Å²) in [5, 5.41) is 4.24. The van der Waals surface area contributed by atoms with Gasteiger partial charge in [0.1, 0.15) is 5.75 Å². The molecule has 1 heterocycles. The number of hydrogen-bond donors (Lipinski definition) is 3. The largest absolute Gasteiger partial charge is 0.478 e. The highest BCUT2D eigenvalue weighted by Gasteiger charge is 2.33. The second-order valence-electron chi connectivity index (χ2n) is 6.38. The van der Waals surface area contributed by atoms with Gasteiger partial charge in [-0.25, -0.2) is 9.79 Å². The molecule has 0 saturated heterocycles. The number of aliphatic imine (C=N–C) groups is 1. The molecule has 166 valence electrons. The topological polar surface area (TPSA) is 123 Å². The lowest BCUT2D eigenvalue weighted by atomic mass is 10.1. The van der Waals surface area contributed by atoms with Gasteiger partial charge in [-0.2, -0.15) is 13.2 Å². The minimum absolute atomic E-state index is 0.103. The van der Waals surface area contributed by atoms with Gasteiger partial charge in [-0.15, -0.1) is 0 Å². The van der Waals surface area contributed by atoms with Crippen molar-refractivity contribution >= 4 is 46.4 Å². The lowest BCUT2D eigenvalue weighted by molar-refractivity contribution is -0.137. The van der Waals surface area contributed by atoms with Crippen LogP contribution in [-0.4, -0.2) is 29.5 Å². The van der Waals surface area contributed by atoms with Gasteiger partial charge in [-0.3, -0.25) is 9.59 Å². The van der Waals surface area contributed by atoms with Crippen molar-refractivity contribution in [1.29, 1.82) is 0 Å². The maximum absolute atomic E-state index is 12.9. The molecule has 0 fully saturated rings. The molecule has 0 aromatic heterocycles. The third-order valence-corrected chi connectivity index (χ3v) is 4.42. The Morgan fingerprint density at radius 1 is 1.06 bits per heavy atom. The van der Waals surface area contributed by atoms with Crippen molar-refractivity contribution in [3.05, 3.63) is 65.3 Å². The van der Waals surface area contributed by atoms with E-state index < -0.39 is 46.3 Å². The van der Waals surface area contributed by atoms with Gasteiger partial charge in [0, 0.05) is 17.6 Å². The normalized spacial score (nSPS) is 15.7. The summed E-state index contributed by atoms with van der Waals surface area (Å²) in [4.78, 5) is 39.0. The SMILES string of the molecule is NC(=O)C1=NC=CC(Oc2ccc(NC(=O)Nc3ccc(Cl)c(C(F)(F)F)c3)cc2)C1=O. The number of nitrogens with zero attached hydrogens (tertiary/aromatic N) is 1. The van der Waals surface area contributed by atoms with Crippen molar-refractivity contribution in [3.8, 4) is 5.75 Å². The highest BCUT2D eigenvalue weighted by atomic mass is 35.5. The van der Waals surface area contributed by atoms with Gasteiger partial charge in [0.2, 0.25) is 5.78 Å². The van der Waals surface area contributed by atoms with E-state index in [0.717, 1.165) is 12.1 Å². The van der Waals surface area contributed by atoms with E-state index in [0.29, 0.717) is 5.69 Å². The van der Waals surface area contributed by atoms with Crippen LogP contribution in [0.1, 0.15) is 5.56 Å². The van der Waals surface area contributed by atoms with E-state index in [2.05, 4.69) is 15.6 Å². The predicted octanol–water partition coefficient (Wildman–Crippen LogP) is 3.77. The minimum atomic E-state index is -4.67. The first kappa shape index (κ1) is 22.8. The molecule has 0 aliphatic carbocycles. The molecule has 1 aliphatic heterocycles. The fourth-order valence-electron chi connectivity index (χ4n) is 2.64. The molecular weight excluding hydrogens is 453 g/mol. The number of rotatable bonds is 5. The lowest BCUT2D eigenvalue weighted by Gasteiger charge is -2.17.